The normalized spacial score (nSPS) is 19.2. The van der Waals surface area contributed by atoms with Crippen LogP contribution in [0.5, 0.6) is 0 Å². The minimum absolute atomic E-state index is 0.00621. The lowest BCUT2D eigenvalue weighted by Gasteiger charge is -2.19. The molecule has 0 saturated carbocycles. The van der Waals surface area contributed by atoms with Crippen molar-refractivity contribution in [3.05, 3.63) is 77.9 Å². The van der Waals surface area contributed by atoms with E-state index in [1.54, 1.807) is 0 Å². The number of rotatable bonds is 10. The van der Waals surface area contributed by atoms with Gasteiger partial charge in [-0.05, 0) is 61.2 Å². The van der Waals surface area contributed by atoms with Gasteiger partial charge in [0.15, 0.2) is 12.2 Å². The minimum Gasteiger partial charge on any atom is -0.350 e. The number of benzene rings is 3. The molecule has 0 spiro atoms. The maximum Gasteiger partial charge on any atom is 0.253 e. The van der Waals surface area contributed by atoms with Crippen LogP contribution in [-0.4, -0.2) is 48.6 Å². The second-order valence-electron chi connectivity index (χ2n) is 9.72. The summed E-state index contributed by atoms with van der Waals surface area (Å²) in [4.78, 5) is 38.8. The summed E-state index contributed by atoms with van der Waals surface area (Å²) >= 11 is 0. The van der Waals surface area contributed by atoms with Crippen LogP contribution in [0.4, 0.5) is 5.69 Å². The molecule has 1 fully saturated rings. The minimum atomic E-state index is -0.897. The van der Waals surface area contributed by atoms with Crippen LogP contribution in [0.25, 0.3) is 10.8 Å². The molecule has 5 rings (SSSR count). The number of amides is 3. The third-order valence-corrected chi connectivity index (χ3v) is 7.03. The summed E-state index contributed by atoms with van der Waals surface area (Å²) in [5.41, 5.74) is 8.78. The lowest BCUT2D eigenvalue weighted by Crippen LogP contribution is -2.47. The highest BCUT2D eigenvalue weighted by molar-refractivity contribution is 6.05. The highest BCUT2D eigenvalue weighted by Crippen LogP contribution is 2.27. The molecule has 0 radical (unpaired) electrons. The molecule has 3 aromatic rings. The molecule has 1 heterocycles. The number of carbonyl (C=O) groups excluding carboxylic acids is 3. The molecule has 2 unspecified atom stereocenters. The average molecular weight is 501 g/mol. The third kappa shape index (κ3) is 5.81. The number of carbonyl (C=O) groups is 3. The van der Waals surface area contributed by atoms with Crippen molar-refractivity contribution >= 4 is 34.2 Å². The molecule has 8 nitrogen and oxygen atoms in total. The van der Waals surface area contributed by atoms with Gasteiger partial charge in [-0.25, -0.2) is 0 Å². The largest absolute Gasteiger partial charge is 0.350 e. The molecular weight excluding hydrogens is 468 g/mol. The number of epoxide rings is 1. The van der Waals surface area contributed by atoms with Gasteiger partial charge in [-0.2, -0.15) is 0 Å². The molecule has 0 aromatic heterocycles. The van der Waals surface area contributed by atoms with Crippen molar-refractivity contribution in [2.45, 2.75) is 56.4 Å². The van der Waals surface area contributed by atoms with Gasteiger partial charge < -0.3 is 26.4 Å². The van der Waals surface area contributed by atoms with Gasteiger partial charge in [0.05, 0.1) is 0 Å². The summed E-state index contributed by atoms with van der Waals surface area (Å²) in [6.45, 7) is 0.505. The predicted molar refractivity (Wildman–Crippen MR) is 142 cm³/mol. The maximum absolute atomic E-state index is 13.2. The zero-order valence-electron chi connectivity index (χ0n) is 20.6. The molecule has 2 aliphatic rings. The summed E-state index contributed by atoms with van der Waals surface area (Å²) in [5.74, 6) is -1.06. The molecule has 192 valence electrons. The average Bonchev–Trinajstić information content (AvgIpc) is 3.61. The first-order valence-electron chi connectivity index (χ1n) is 12.8. The quantitative estimate of drug-likeness (QED) is 0.251. The van der Waals surface area contributed by atoms with E-state index >= 15 is 0 Å². The Bertz CT molecular complexity index is 1280. The molecule has 3 aromatic carbocycles. The number of hydrogen-bond donors (Lipinski definition) is 4. The number of nitrogens with one attached hydrogen (secondary N) is 3. The van der Waals surface area contributed by atoms with Gasteiger partial charge in [0.1, 0.15) is 6.04 Å². The molecule has 5 N–H and O–H groups in total. The Morgan fingerprint density at radius 3 is 2.30 bits per heavy atom. The monoisotopic (exact) mass is 500 g/mol. The molecule has 1 saturated heterocycles. The van der Waals surface area contributed by atoms with Crippen molar-refractivity contribution in [2.24, 2.45) is 5.73 Å². The van der Waals surface area contributed by atoms with Gasteiger partial charge in [0.2, 0.25) is 5.91 Å². The first-order valence-corrected chi connectivity index (χ1v) is 12.8. The van der Waals surface area contributed by atoms with E-state index in [9.17, 15) is 14.4 Å². The topological polar surface area (TPSA) is 126 Å². The van der Waals surface area contributed by atoms with Crippen LogP contribution in [0.2, 0.25) is 0 Å². The summed E-state index contributed by atoms with van der Waals surface area (Å²) < 4.78 is 5.43. The first-order chi connectivity index (χ1) is 18.0. The molecule has 1 aliphatic carbocycles. The van der Waals surface area contributed by atoms with E-state index in [0.717, 1.165) is 30.0 Å². The lowest BCUT2D eigenvalue weighted by atomic mass is 10.1. The van der Waals surface area contributed by atoms with Gasteiger partial charge in [-0.15, -0.1) is 0 Å². The van der Waals surface area contributed by atoms with Crippen LogP contribution < -0.4 is 21.7 Å². The van der Waals surface area contributed by atoms with Crippen LogP contribution in [0.3, 0.4) is 0 Å². The number of anilines is 1. The highest BCUT2D eigenvalue weighted by Gasteiger charge is 2.51. The molecule has 3 amide bonds. The summed E-state index contributed by atoms with van der Waals surface area (Å²) in [5, 5.41) is 10.7. The van der Waals surface area contributed by atoms with E-state index in [0.29, 0.717) is 25.1 Å². The second kappa shape index (κ2) is 11.1. The zero-order valence-corrected chi connectivity index (χ0v) is 20.6. The SMILES string of the molecule is NCCCC[C@H](NC(=O)C1OC1C(=O)NC1Cc2ccccc2C1)C(=O)Nc1cccc2ccccc12. The lowest BCUT2D eigenvalue weighted by molar-refractivity contribution is -0.127. The third-order valence-electron chi connectivity index (χ3n) is 7.03. The fourth-order valence-electron chi connectivity index (χ4n) is 5.03. The predicted octanol–water partition coefficient (Wildman–Crippen LogP) is 2.44. The van der Waals surface area contributed by atoms with Crippen LogP contribution in [0.1, 0.15) is 30.4 Å². The Balaban J connectivity index is 1.18. The van der Waals surface area contributed by atoms with Gasteiger partial charge in [0.25, 0.3) is 11.8 Å². The number of hydrogen-bond acceptors (Lipinski definition) is 5. The number of fused-ring (bicyclic) bond motifs is 2. The Morgan fingerprint density at radius 1 is 0.865 bits per heavy atom. The van der Waals surface area contributed by atoms with Gasteiger partial charge >= 0.3 is 0 Å². The van der Waals surface area contributed by atoms with Crippen molar-refractivity contribution in [1.82, 2.24) is 10.6 Å². The Kier molecular flexibility index (Phi) is 7.48. The molecule has 8 heteroatoms. The van der Waals surface area contributed by atoms with E-state index in [-0.39, 0.29) is 17.9 Å². The van der Waals surface area contributed by atoms with E-state index in [2.05, 4.69) is 28.1 Å². The Morgan fingerprint density at radius 2 is 1.54 bits per heavy atom. The molecule has 0 bridgehead atoms. The standard InChI is InChI=1S/C29H32N4O4/c30-15-6-5-13-24(27(34)32-23-14-7-11-18-8-3-4-12-22(18)23)33-29(36)26-25(37-26)28(35)31-21-16-19-9-1-2-10-20(19)17-21/h1-4,7-12,14,21,24-26H,5-6,13,15-17,30H2,(H,31,35)(H,32,34)(H,33,36)/t24-,25?,26?/m0/s1. The Labute approximate surface area is 215 Å². The highest BCUT2D eigenvalue weighted by atomic mass is 16.6. The molecule has 3 atom stereocenters. The van der Waals surface area contributed by atoms with Crippen molar-refractivity contribution in [3.63, 3.8) is 0 Å². The Hall–Kier alpha value is -3.75. The van der Waals surface area contributed by atoms with Crippen molar-refractivity contribution < 1.29 is 19.1 Å². The zero-order chi connectivity index (χ0) is 25.8. The van der Waals surface area contributed by atoms with Crippen LogP contribution in [0.15, 0.2) is 66.7 Å². The molecular formula is C29H32N4O4. The summed E-state index contributed by atoms with van der Waals surface area (Å²) in [6.07, 6.45) is 1.65. The van der Waals surface area contributed by atoms with Crippen molar-refractivity contribution in [1.29, 1.82) is 0 Å². The molecule has 37 heavy (non-hydrogen) atoms. The van der Waals surface area contributed by atoms with Crippen LogP contribution in [0, 0.1) is 0 Å². The summed E-state index contributed by atoms with van der Waals surface area (Å²) in [7, 11) is 0. The van der Waals surface area contributed by atoms with E-state index < -0.39 is 24.2 Å². The van der Waals surface area contributed by atoms with Crippen molar-refractivity contribution in [3.8, 4) is 0 Å². The van der Waals surface area contributed by atoms with Gasteiger partial charge in [-0.1, -0.05) is 60.7 Å². The smallest absolute Gasteiger partial charge is 0.253 e. The van der Waals surface area contributed by atoms with E-state index in [4.69, 9.17) is 10.5 Å². The van der Waals surface area contributed by atoms with E-state index in [1.165, 1.54) is 11.1 Å². The second-order valence-corrected chi connectivity index (χ2v) is 9.72. The first kappa shape index (κ1) is 24.9. The van der Waals surface area contributed by atoms with Crippen LogP contribution in [-0.2, 0) is 32.0 Å². The van der Waals surface area contributed by atoms with Crippen molar-refractivity contribution in [2.75, 3.05) is 11.9 Å². The number of nitrogens with two attached hydrogens (primary N) is 1. The summed E-state index contributed by atoms with van der Waals surface area (Å²) in [6, 6.07) is 20.8. The molecule has 1 aliphatic heterocycles. The van der Waals surface area contributed by atoms with E-state index in [1.807, 2.05) is 54.6 Å². The fraction of sp³-hybridized carbons (Fsp3) is 0.345. The fourth-order valence-corrected chi connectivity index (χ4v) is 5.03. The van der Waals surface area contributed by atoms with Gasteiger partial charge in [-0.3, -0.25) is 14.4 Å². The van der Waals surface area contributed by atoms with Crippen LogP contribution >= 0.6 is 0 Å². The maximum atomic E-state index is 13.2. The van der Waals surface area contributed by atoms with Gasteiger partial charge in [0, 0.05) is 17.1 Å². The number of unbranched alkanes of at least 4 members (excludes halogenated alkanes) is 1. The number of ether oxygens (including phenoxy) is 1.